The molecule has 0 aliphatic rings. The van der Waals surface area contributed by atoms with E-state index in [9.17, 15) is 9.00 Å². The SMILES string of the molecule is CCNC(=O)C(C)S(=O)CC(N)CC. The van der Waals surface area contributed by atoms with Gasteiger partial charge in [0.05, 0.1) is 0 Å². The molecular weight excluding hydrogens is 200 g/mol. The fourth-order valence-electron chi connectivity index (χ4n) is 0.911. The summed E-state index contributed by atoms with van der Waals surface area (Å²) in [6.45, 7) is 6.02. The Labute approximate surface area is 88.1 Å². The van der Waals surface area contributed by atoms with E-state index in [0.717, 1.165) is 6.42 Å². The third kappa shape index (κ3) is 4.72. The van der Waals surface area contributed by atoms with Crippen LogP contribution in [0.25, 0.3) is 0 Å². The third-order valence-corrected chi connectivity index (χ3v) is 3.78. The average Bonchev–Trinajstić information content (AvgIpc) is 2.16. The second-order valence-corrected chi connectivity index (χ2v) is 5.05. The molecule has 0 fully saturated rings. The molecule has 0 saturated heterocycles. The van der Waals surface area contributed by atoms with Gasteiger partial charge in [0.1, 0.15) is 5.25 Å². The van der Waals surface area contributed by atoms with Gasteiger partial charge in [0.15, 0.2) is 0 Å². The van der Waals surface area contributed by atoms with Crippen LogP contribution in [0.2, 0.25) is 0 Å². The van der Waals surface area contributed by atoms with Gasteiger partial charge in [0.25, 0.3) is 0 Å². The zero-order valence-electron chi connectivity index (χ0n) is 9.08. The Morgan fingerprint density at radius 2 is 2.07 bits per heavy atom. The number of amides is 1. The van der Waals surface area contributed by atoms with Crippen molar-refractivity contribution in [3.63, 3.8) is 0 Å². The Morgan fingerprint density at radius 1 is 1.50 bits per heavy atom. The molecule has 0 aliphatic carbocycles. The molecule has 0 saturated carbocycles. The summed E-state index contributed by atoms with van der Waals surface area (Å²) in [6.07, 6.45) is 0.786. The maximum Gasteiger partial charge on any atom is 0.235 e. The van der Waals surface area contributed by atoms with Gasteiger partial charge in [-0.3, -0.25) is 9.00 Å². The summed E-state index contributed by atoms with van der Waals surface area (Å²) in [5.74, 6) is 0.239. The molecule has 0 radical (unpaired) electrons. The van der Waals surface area contributed by atoms with Crippen molar-refractivity contribution < 1.29 is 9.00 Å². The molecule has 3 N–H and O–H groups in total. The van der Waals surface area contributed by atoms with E-state index in [4.69, 9.17) is 5.73 Å². The van der Waals surface area contributed by atoms with Crippen LogP contribution in [0.5, 0.6) is 0 Å². The summed E-state index contributed by atoms with van der Waals surface area (Å²) < 4.78 is 11.6. The molecule has 1 amide bonds. The van der Waals surface area contributed by atoms with Crippen LogP contribution in [-0.4, -0.2) is 33.7 Å². The summed E-state index contributed by atoms with van der Waals surface area (Å²) in [7, 11) is -1.16. The second-order valence-electron chi connectivity index (χ2n) is 3.25. The predicted octanol–water partition coefficient (Wildman–Crippen LogP) is -0.00300. The van der Waals surface area contributed by atoms with Crippen molar-refractivity contribution in [2.45, 2.75) is 38.5 Å². The van der Waals surface area contributed by atoms with Crippen molar-refractivity contribution in [2.24, 2.45) is 5.73 Å². The van der Waals surface area contributed by atoms with Crippen molar-refractivity contribution in [3.8, 4) is 0 Å². The molecule has 3 atom stereocenters. The van der Waals surface area contributed by atoms with Crippen molar-refractivity contribution in [2.75, 3.05) is 12.3 Å². The Balaban J connectivity index is 4.04. The molecule has 0 aromatic heterocycles. The summed E-state index contributed by atoms with van der Waals surface area (Å²) in [5.41, 5.74) is 5.66. The Kier molecular flexibility index (Phi) is 6.74. The summed E-state index contributed by atoms with van der Waals surface area (Å²) in [4.78, 5) is 11.3. The zero-order chi connectivity index (χ0) is 11.1. The highest BCUT2D eigenvalue weighted by Crippen LogP contribution is 2.00. The lowest BCUT2D eigenvalue weighted by molar-refractivity contribution is -0.120. The molecule has 0 aliphatic heterocycles. The van der Waals surface area contributed by atoms with Crippen LogP contribution in [0.4, 0.5) is 0 Å². The van der Waals surface area contributed by atoms with Crippen LogP contribution in [0.3, 0.4) is 0 Å². The molecule has 84 valence electrons. The Hall–Kier alpha value is -0.420. The lowest BCUT2D eigenvalue weighted by Gasteiger charge is -2.13. The van der Waals surface area contributed by atoms with Crippen LogP contribution in [-0.2, 0) is 15.6 Å². The van der Waals surface area contributed by atoms with Crippen LogP contribution >= 0.6 is 0 Å². The average molecular weight is 220 g/mol. The van der Waals surface area contributed by atoms with Gasteiger partial charge < -0.3 is 11.1 Å². The molecule has 3 unspecified atom stereocenters. The van der Waals surface area contributed by atoms with Gasteiger partial charge in [0.2, 0.25) is 5.91 Å². The highest BCUT2D eigenvalue weighted by molar-refractivity contribution is 7.86. The lowest BCUT2D eigenvalue weighted by atomic mass is 10.3. The first-order valence-corrected chi connectivity index (χ1v) is 6.31. The highest BCUT2D eigenvalue weighted by atomic mass is 32.2. The first-order chi connectivity index (χ1) is 6.52. The number of hydrogen-bond donors (Lipinski definition) is 2. The maximum atomic E-state index is 11.6. The first-order valence-electron chi connectivity index (χ1n) is 4.93. The van der Waals surface area contributed by atoms with E-state index < -0.39 is 16.0 Å². The number of nitrogens with one attached hydrogen (secondary N) is 1. The van der Waals surface area contributed by atoms with Crippen molar-refractivity contribution in [1.82, 2.24) is 5.32 Å². The summed E-state index contributed by atoms with van der Waals surface area (Å²) in [5, 5.41) is 2.18. The van der Waals surface area contributed by atoms with Crippen LogP contribution < -0.4 is 11.1 Å². The zero-order valence-corrected chi connectivity index (χ0v) is 9.89. The smallest absolute Gasteiger partial charge is 0.235 e. The molecule has 4 nitrogen and oxygen atoms in total. The number of nitrogens with two attached hydrogens (primary N) is 1. The lowest BCUT2D eigenvalue weighted by Crippen LogP contribution is -2.39. The number of carbonyl (C=O) groups is 1. The minimum Gasteiger partial charge on any atom is -0.355 e. The van der Waals surface area contributed by atoms with Crippen molar-refractivity contribution >= 4 is 16.7 Å². The van der Waals surface area contributed by atoms with Gasteiger partial charge in [0, 0.05) is 29.1 Å². The third-order valence-electron chi connectivity index (χ3n) is 2.02. The minimum absolute atomic E-state index is 0.0762. The normalized spacial score (nSPS) is 17.1. The molecule has 0 rings (SSSR count). The largest absolute Gasteiger partial charge is 0.355 e. The summed E-state index contributed by atoms with van der Waals surface area (Å²) >= 11 is 0. The van der Waals surface area contributed by atoms with E-state index in [1.54, 1.807) is 6.92 Å². The first kappa shape index (κ1) is 13.6. The van der Waals surface area contributed by atoms with Crippen LogP contribution in [0.1, 0.15) is 27.2 Å². The molecule has 0 heterocycles. The minimum atomic E-state index is -1.16. The topological polar surface area (TPSA) is 72.2 Å². The molecule has 0 bridgehead atoms. The van der Waals surface area contributed by atoms with E-state index in [0.29, 0.717) is 12.3 Å². The Bertz CT molecular complexity index is 209. The van der Waals surface area contributed by atoms with Crippen molar-refractivity contribution in [1.29, 1.82) is 0 Å². The van der Waals surface area contributed by atoms with Gasteiger partial charge in [-0.05, 0) is 20.3 Å². The predicted molar refractivity (Wildman–Crippen MR) is 59.4 cm³/mol. The van der Waals surface area contributed by atoms with Gasteiger partial charge in [-0.25, -0.2) is 0 Å². The quantitative estimate of drug-likeness (QED) is 0.661. The fraction of sp³-hybridized carbons (Fsp3) is 0.889. The number of rotatable bonds is 6. The second kappa shape index (κ2) is 6.95. The van der Waals surface area contributed by atoms with Gasteiger partial charge in [-0.15, -0.1) is 0 Å². The fourth-order valence-corrected chi connectivity index (χ4v) is 2.18. The van der Waals surface area contributed by atoms with E-state index >= 15 is 0 Å². The van der Waals surface area contributed by atoms with Crippen LogP contribution in [0, 0.1) is 0 Å². The molecule has 0 aromatic carbocycles. The number of hydrogen-bond acceptors (Lipinski definition) is 3. The Morgan fingerprint density at radius 3 is 2.50 bits per heavy atom. The summed E-state index contributed by atoms with van der Waals surface area (Å²) in [6, 6.07) is -0.0762. The maximum absolute atomic E-state index is 11.6. The molecule has 5 heteroatoms. The van der Waals surface area contributed by atoms with E-state index in [2.05, 4.69) is 5.32 Å². The van der Waals surface area contributed by atoms with E-state index in [-0.39, 0.29) is 11.9 Å². The van der Waals surface area contributed by atoms with Gasteiger partial charge in [-0.1, -0.05) is 6.92 Å². The monoisotopic (exact) mass is 220 g/mol. The molecule has 0 spiro atoms. The van der Waals surface area contributed by atoms with Crippen molar-refractivity contribution in [3.05, 3.63) is 0 Å². The number of carbonyl (C=O) groups excluding carboxylic acids is 1. The standard InChI is InChI=1S/C9H20N2O2S/c1-4-8(10)6-14(13)7(3)9(12)11-5-2/h7-8H,4-6,10H2,1-3H3,(H,11,12). The molecule has 14 heavy (non-hydrogen) atoms. The molecule has 0 aromatic rings. The van der Waals surface area contributed by atoms with Gasteiger partial charge in [-0.2, -0.15) is 0 Å². The van der Waals surface area contributed by atoms with E-state index in [1.165, 1.54) is 0 Å². The highest BCUT2D eigenvalue weighted by Gasteiger charge is 2.20. The van der Waals surface area contributed by atoms with E-state index in [1.807, 2.05) is 13.8 Å². The van der Waals surface area contributed by atoms with Gasteiger partial charge >= 0.3 is 0 Å². The molecular formula is C9H20N2O2S. The van der Waals surface area contributed by atoms with Crippen LogP contribution in [0.15, 0.2) is 0 Å².